The number of anilines is 2. The summed E-state index contributed by atoms with van der Waals surface area (Å²) in [6, 6.07) is 18.2. The molecule has 254 valence electrons. The van der Waals surface area contributed by atoms with Gasteiger partial charge in [-0.15, -0.1) is 0 Å². The molecule has 5 heterocycles. The van der Waals surface area contributed by atoms with E-state index in [2.05, 4.69) is 86.2 Å². The van der Waals surface area contributed by atoms with Gasteiger partial charge in [-0.3, -0.25) is 9.80 Å². The van der Waals surface area contributed by atoms with E-state index in [1.807, 2.05) is 6.08 Å². The van der Waals surface area contributed by atoms with E-state index in [9.17, 15) is 10.4 Å². The number of likely N-dealkylation sites (N-methyl/N-ethyl adjacent to an activating group) is 1. The molecular formula is C38H50N8O2. The van der Waals surface area contributed by atoms with Crippen molar-refractivity contribution in [3.63, 3.8) is 0 Å². The minimum atomic E-state index is -0.717. The minimum absolute atomic E-state index is 0.115. The van der Waals surface area contributed by atoms with Gasteiger partial charge in [-0.25, -0.2) is 0 Å². The lowest BCUT2D eigenvalue weighted by Gasteiger charge is -2.43. The summed E-state index contributed by atoms with van der Waals surface area (Å²) in [5.41, 5.74) is 3.40. The molecule has 4 aliphatic heterocycles. The Morgan fingerprint density at radius 2 is 1.81 bits per heavy atom. The third-order valence-corrected chi connectivity index (χ3v) is 10.8. The normalized spacial score (nSPS) is 23.4. The first-order valence-corrected chi connectivity index (χ1v) is 18.0. The first kappa shape index (κ1) is 32.8. The van der Waals surface area contributed by atoms with Crippen LogP contribution in [-0.4, -0.2) is 114 Å². The first-order valence-electron chi connectivity index (χ1n) is 18.0. The summed E-state index contributed by atoms with van der Waals surface area (Å²) in [5, 5.41) is 23.5. The number of fused-ring (bicyclic) bond motifs is 2. The standard InChI is InChI=1S/C38H50N8O2/c1-42-19-8-12-31(42)28-48-38-40-34-27-44(35-14-7-11-29-10-3-4-13-32(29)35)23-17-33(34)37(41-38)45-24-25-46(30(26-45)16-18-39)36(47)15-9-22-43-20-5-2-6-21-43/h3-4,7,9-11,13-15,30-31,36,47H,2,5-6,8,12,16-17,19-28H2,1H3/b15-9+/t30-,31-,36?/m0/s1. The van der Waals surface area contributed by atoms with Crippen LogP contribution in [0.4, 0.5) is 11.5 Å². The highest BCUT2D eigenvalue weighted by Gasteiger charge is 2.34. The van der Waals surface area contributed by atoms with Crippen molar-refractivity contribution in [3.05, 3.63) is 65.9 Å². The predicted molar refractivity (Wildman–Crippen MR) is 190 cm³/mol. The van der Waals surface area contributed by atoms with Crippen LogP contribution in [0.3, 0.4) is 0 Å². The van der Waals surface area contributed by atoms with Crippen LogP contribution in [0.5, 0.6) is 6.01 Å². The molecule has 1 N–H and O–H groups in total. The summed E-state index contributed by atoms with van der Waals surface area (Å²) < 4.78 is 6.37. The van der Waals surface area contributed by atoms with E-state index in [0.29, 0.717) is 51.3 Å². The highest BCUT2D eigenvalue weighted by atomic mass is 16.5. The van der Waals surface area contributed by atoms with Crippen LogP contribution in [-0.2, 0) is 13.0 Å². The predicted octanol–water partition coefficient (Wildman–Crippen LogP) is 4.43. The van der Waals surface area contributed by atoms with E-state index in [1.54, 1.807) is 0 Å². The summed E-state index contributed by atoms with van der Waals surface area (Å²) in [4.78, 5) is 21.8. The van der Waals surface area contributed by atoms with Crippen LogP contribution < -0.4 is 14.5 Å². The van der Waals surface area contributed by atoms with Crippen LogP contribution >= 0.6 is 0 Å². The molecule has 0 spiro atoms. The molecule has 1 unspecified atom stereocenters. The molecule has 0 amide bonds. The van der Waals surface area contributed by atoms with Gasteiger partial charge in [-0.1, -0.05) is 48.9 Å². The molecule has 1 aromatic heterocycles. The average Bonchev–Trinajstić information content (AvgIpc) is 3.54. The number of aromatic nitrogens is 2. The van der Waals surface area contributed by atoms with Crippen molar-refractivity contribution >= 4 is 22.3 Å². The zero-order valence-electron chi connectivity index (χ0n) is 28.4. The molecule has 4 aliphatic rings. The largest absolute Gasteiger partial charge is 0.462 e. The molecule has 0 aliphatic carbocycles. The second-order valence-electron chi connectivity index (χ2n) is 13.9. The maximum atomic E-state index is 11.2. The lowest BCUT2D eigenvalue weighted by Crippen LogP contribution is -2.56. The molecule has 3 saturated heterocycles. The summed E-state index contributed by atoms with van der Waals surface area (Å²) in [6.07, 6.45) is 10.6. The van der Waals surface area contributed by atoms with Crippen LogP contribution in [0.25, 0.3) is 10.8 Å². The number of ether oxygens (including phenoxy) is 1. The maximum Gasteiger partial charge on any atom is 0.318 e. The summed E-state index contributed by atoms with van der Waals surface area (Å²) in [6.45, 7) is 8.30. The van der Waals surface area contributed by atoms with Crippen molar-refractivity contribution in [2.24, 2.45) is 0 Å². The van der Waals surface area contributed by atoms with E-state index in [4.69, 9.17) is 14.7 Å². The number of piperidine rings is 1. The Bertz CT molecular complexity index is 1610. The summed E-state index contributed by atoms with van der Waals surface area (Å²) in [7, 11) is 2.16. The fourth-order valence-corrected chi connectivity index (χ4v) is 8.05. The number of nitriles is 1. The number of aliphatic hydroxyl groups excluding tert-OH is 1. The zero-order chi connectivity index (χ0) is 32.9. The molecule has 0 bridgehead atoms. The Hall–Kier alpha value is -3.75. The number of piperazine rings is 1. The van der Waals surface area contributed by atoms with Crippen LogP contribution in [0, 0.1) is 11.3 Å². The van der Waals surface area contributed by atoms with Crippen molar-refractivity contribution in [1.82, 2.24) is 24.7 Å². The number of aliphatic hydroxyl groups is 1. The number of benzene rings is 2. The number of likely N-dealkylation sites (tertiary alicyclic amines) is 2. The zero-order valence-corrected chi connectivity index (χ0v) is 28.4. The molecule has 10 nitrogen and oxygen atoms in total. The summed E-state index contributed by atoms with van der Waals surface area (Å²) >= 11 is 0. The van der Waals surface area contributed by atoms with Gasteiger partial charge in [0.15, 0.2) is 0 Å². The number of nitrogens with zero attached hydrogens (tertiary/aromatic N) is 8. The van der Waals surface area contributed by atoms with Crippen LogP contribution in [0.15, 0.2) is 54.6 Å². The second kappa shape index (κ2) is 15.2. The molecule has 2 aromatic carbocycles. The topological polar surface area (TPSA) is 95.2 Å². The van der Waals surface area contributed by atoms with Crippen LogP contribution in [0.1, 0.15) is 49.8 Å². The Morgan fingerprint density at radius 3 is 2.65 bits per heavy atom. The number of rotatable bonds is 10. The monoisotopic (exact) mass is 650 g/mol. The van der Waals surface area contributed by atoms with Gasteiger partial charge < -0.3 is 24.5 Å². The fourth-order valence-electron chi connectivity index (χ4n) is 8.05. The number of hydrogen-bond donors (Lipinski definition) is 1. The Morgan fingerprint density at radius 1 is 0.958 bits per heavy atom. The lowest BCUT2D eigenvalue weighted by atomic mass is 10.0. The van der Waals surface area contributed by atoms with Gasteiger partial charge in [0.1, 0.15) is 18.7 Å². The van der Waals surface area contributed by atoms with Gasteiger partial charge in [0, 0.05) is 61.4 Å². The van der Waals surface area contributed by atoms with Crippen molar-refractivity contribution in [1.29, 1.82) is 5.26 Å². The van der Waals surface area contributed by atoms with E-state index >= 15 is 0 Å². The molecule has 3 fully saturated rings. The van der Waals surface area contributed by atoms with Crippen molar-refractivity contribution in [2.75, 3.05) is 75.8 Å². The lowest BCUT2D eigenvalue weighted by molar-refractivity contribution is 0.00380. The maximum absolute atomic E-state index is 11.2. The molecule has 0 radical (unpaired) electrons. The Kier molecular flexibility index (Phi) is 10.4. The molecular weight excluding hydrogens is 600 g/mol. The van der Waals surface area contributed by atoms with Crippen LogP contribution in [0.2, 0.25) is 0 Å². The van der Waals surface area contributed by atoms with E-state index in [0.717, 1.165) is 57.1 Å². The highest BCUT2D eigenvalue weighted by molar-refractivity contribution is 5.94. The molecule has 10 heteroatoms. The average molecular weight is 651 g/mol. The second-order valence-corrected chi connectivity index (χ2v) is 13.9. The molecule has 3 atom stereocenters. The quantitative estimate of drug-likeness (QED) is 0.318. The Labute approximate surface area is 285 Å². The SMILES string of the molecule is CN1CCC[C@H]1COc1nc2c(c(N3CCN(C(O)/C=C/CN4CCCCC4)[C@@H](CC#N)C3)n1)CCN(c1cccc3ccccc13)C2. The molecule has 7 rings (SSSR count). The van der Waals surface area contributed by atoms with Crippen molar-refractivity contribution in [2.45, 2.75) is 69.8 Å². The fraction of sp³-hybridized carbons (Fsp3) is 0.553. The third kappa shape index (κ3) is 7.30. The van der Waals surface area contributed by atoms with E-state index in [1.165, 1.54) is 47.7 Å². The van der Waals surface area contributed by atoms with E-state index < -0.39 is 6.23 Å². The van der Waals surface area contributed by atoms with Crippen molar-refractivity contribution < 1.29 is 9.84 Å². The van der Waals surface area contributed by atoms with E-state index in [-0.39, 0.29) is 6.04 Å². The minimum Gasteiger partial charge on any atom is -0.462 e. The van der Waals surface area contributed by atoms with Gasteiger partial charge >= 0.3 is 6.01 Å². The molecule has 3 aromatic rings. The summed E-state index contributed by atoms with van der Waals surface area (Å²) in [5.74, 6) is 0.921. The third-order valence-electron chi connectivity index (χ3n) is 10.8. The van der Waals surface area contributed by atoms with Gasteiger partial charge in [0.25, 0.3) is 0 Å². The molecule has 48 heavy (non-hydrogen) atoms. The van der Waals surface area contributed by atoms with Gasteiger partial charge in [0.05, 0.1) is 24.7 Å². The Balaban J connectivity index is 1.12. The first-order chi connectivity index (χ1) is 23.6. The van der Waals surface area contributed by atoms with Gasteiger partial charge in [-0.05, 0) is 76.3 Å². The number of hydrogen-bond acceptors (Lipinski definition) is 10. The molecule has 0 saturated carbocycles. The highest BCUT2D eigenvalue weighted by Crippen LogP contribution is 2.35. The van der Waals surface area contributed by atoms with Crippen molar-refractivity contribution in [3.8, 4) is 12.1 Å². The van der Waals surface area contributed by atoms with Gasteiger partial charge in [-0.2, -0.15) is 15.2 Å². The smallest absolute Gasteiger partial charge is 0.318 e. The van der Waals surface area contributed by atoms with Gasteiger partial charge in [0.2, 0.25) is 0 Å².